The zero-order valence-electron chi connectivity index (χ0n) is 11.0. The van der Waals surface area contributed by atoms with Gasteiger partial charge in [-0.25, -0.2) is 4.98 Å². The van der Waals surface area contributed by atoms with Gasteiger partial charge in [0.15, 0.2) is 5.76 Å². The number of aromatic nitrogens is 1. The molecule has 2 heterocycles. The van der Waals surface area contributed by atoms with Crippen LogP contribution in [0.4, 0.5) is 0 Å². The number of benzene rings is 1. The number of methoxy groups -OCH3 is 1. The molecule has 0 spiro atoms. The van der Waals surface area contributed by atoms with Crippen LogP contribution in [0, 0.1) is 0 Å². The van der Waals surface area contributed by atoms with E-state index >= 15 is 0 Å². The number of hydrogen-bond donors (Lipinski definition) is 1. The number of halogens is 1. The smallest absolute Gasteiger partial charge is 0.240 e. The van der Waals surface area contributed by atoms with E-state index < -0.39 is 11.2 Å². The average molecular weight is 348 g/mol. The summed E-state index contributed by atoms with van der Waals surface area (Å²) in [5.41, 5.74) is 0.340. The monoisotopic (exact) mass is 347 g/mol. The summed E-state index contributed by atoms with van der Waals surface area (Å²) >= 11 is 3.33. The molecule has 0 aliphatic carbocycles. The van der Waals surface area contributed by atoms with Gasteiger partial charge < -0.3 is 14.3 Å². The lowest BCUT2D eigenvalue weighted by Gasteiger charge is -2.07. The van der Waals surface area contributed by atoms with Crippen LogP contribution >= 0.6 is 15.9 Å². The molecule has 3 rings (SSSR count). The first kappa shape index (κ1) is 13.6. The number of nitrogens with zero attached hydrogens (tertiary/aromatic N) is 1. The molecule has 21 heavy (non-hydrogen) atoms. The van der Waals surface area contributed by atoms with Crippen LogP contribution in [-0.2, 0) is 0 Å². The van der Waals surface area contributed by atoms with E-state index in [0.29, 0.717) is 11.1 Å². The van der Waals surface area contributed by atoms with Crippen LogP contribution in [0.2, 0.25) is 0 Å². The fourth-order valence-corrected chi connectivity index (χ4v) is 2.32. The zero-order valence-corrected chi connectivity index (χ0v) is 12.5. The van der Waals surface area contributed by atoms with Crippen molar-refractivity contribution in [1.82, 2.24) is 4.98 Å². The summed E-state index contributed by atoms with van der Waals surface area (Å²) in [6.07, 6.45) is 1.48. The third-order valence-electron chi connectivity index (χ3n) is 3.05. The minimum Gasteiger partial charge on any atom is -0.502 e. The SMILES string of the molecule is COc1nccc2oc(-c3ccc(Br)cc3)c(O)c(=O)c12. The quantitative estimate of drug-likeness (QED) is 0.769. The van der Waals surface area contributed by atoms with Crippen molar-refractivity contribution in [3.63, 3.8) is 0 Å². The van der Waals surface area contributed by atoms with Crippen LogP contribution in [-0.4, -0.2) is 17.2 Å². The van der Waals surface area contributed by atoms with Gasteiger partial charge in [-0.15, -0.1) is 0 Å². The Kier molecular flexibility index (Phi) is 3.39. The van der Waals surface area contributed by atoms with Crippen molar-refractivity contribution in [3.8, 4) is 23.0 Å². The van der Waals surface area contributed by atoms with Crippen LogP contribution in [0.15, 0.2) is 50.2 Å². The second-order valence-corrected chi connectivity index (χ2v) is 5.22. The molecule has 0 saturated heterocycles. The topological polar surface area (TPSA) is 72.6 Å². The molecule has 0 aliphatic heterocycles. The summed E-state index contributed by atoms with van der Waals surface area (Å²) in [5, 5.41) is 10.3. The molecule has 0 aliphatic rings. The van der Waals surface area contributed by atoms with Crippen LogP contribution in [0.3, 0.4) is 0 Å². The predicted octanol–water partition coefficient (Wildman–Crippen LogP) is 3.33. The number of ether oxygens (including phenoxy) is 1. The van der Waals surface area contributed by atoms with Crippen LogP contribution < -0.4 is 10.2 Å². The molecule has 0 saturated carbocycles. The molecule has 0 atom stereocenters. The number of hydrogen-bond acceptors (Lipinski definition) is 5. The number of pyridine rings is 1. The van der Waals surface area contributed by atoms with Gasteiger partial charge in [-0.3, -0.25) is 4.79 Å². The highest BCUT2D eigenvalue weighted by atomic mass is 79.9. The maximum Gasteiger partial charge on any atom is 0.240 e. The minimum atomic E-state index is -0.570. The lowest BCUT2D eigenvalue weighted by atomic mass is 10.1. The van der Waals surface area contributed by atoms with E-state index in [2.05, 4.69) is 20.9 Å². The predicted molar refractivity (Wildman–Crippen MR) is 81.6 cm³/mol. The van der Waals surface area contributed by atoms with Gasteiger partial charge in [0.2, 0.25) is 17.1 Å². The molecule has 2 aromatic heterocycles. The third kappa shape index (κ3) is 2.27. The van der Waals surface area contributed by atoms with E-state index in [1.165, 1.54) is 13.3 Å². The second kappa shape index (κ2) is 5.21. The Morgan fingerprint density at radius 2 is 1.95 bits per heavy atom. The Balaban J connectivity index is 2.34. The maximum atomic E-state index is 12.3. The summed E-state index contributed by atoms with van der Waals surface area (Å²) in [6, 6.07) is 8.64. The van der Waals surface area contributed by atoms with Crippen molar-refractivity contribution in [2.24, 2.45) is 0 Å². The van der Waals surface area contributed by atoms with Crippen LogP contribution in [0.5, 0.6) is 11.6 Å². The zero-order chi connectivity index (χ0) is 15.0. The molecule has 1 N–H and O–H groups in total. The lowest BCUT2D eigenvalue weighted by molar-refractivity contribution is 0.400. The maximum absolute atomic E-state index is 12.3. The fourth-order valence-electron chi connectivity index (χ4n) is 2.05. The van der Waals surface area contributed by atoms with Gasteiger partial charge in [-0.05, 0) is 24.3 Å². The molecule has 0 amide bonds. The molecule has 0 unspecified atom stereocenters. The molecule has 3 aromatic rings. The molecule has 0 radical (unpaired) electrons. The normalized spacial score (nSPS) is 10.8. The van der Waals surface area contributed by atoms with Gasteiger partial charge in [-0.1, -0.05) is 15.9 Å². The minimum absolute atomic E-state index is 0.119. The van der Waals surface area contributed by atoms with Gasteiger partial charge >= 0.3 is 0 Å². The summed E-state index contributed by atoms with van der Waals surface area (Å²) < 4.78 is 11.6. The molecule has 1 aromatic carbocycles. The summed E-state index contributed by atoms with van der Waals surface area (Å²) in [5.74, 6) is -0.219. The molecule has 0 bridgehead atoms. The van der Waals surface area contributed by atoms with Crippen LogP contribution in [0.25, 0.3) is 22.3 Å². The lowest BCUT2D eigenvalue weighted by Crippen LogP contribution is -2.05. The van der Waals surface area contributed by atoms with E-state index in [1.54, 1.807) is 30.3 Å². The Hall–Kier alpha value is -2.34. The summed E-state index contributed by atoms with van der Waals surface area (Å²) in [7, 11) is 1.40. The summed E-state index contributed by atoms with van der Waals surface area (Å²) in [4.78, 5) is 16.3. The Morgan fingerprint density at radius 1 is 1.24 bits per heavy atom. The largest absolute Gasteiger partial charge is 0.502 e. The van der Waals surface area contributed by atoms with Gasteiger partial charge in [0, 0.05) is 22.3 Å². The highest BCUT2D eigenvalue weighted by Crippen LogP contribution is 2.32. The van der Waals surface area contributed by atoms with E-state index in [1.807, 2.05) is 0 Å². The van der Waals surface area contributed by atoms with Gasteiger partial charge in [0.25, 0.3) is 0 Å². The van der Waals surface area contributed by atoms with Gasteiger partial charge in [0.1, 0.15) is 11.0 Å². The molecule has 5 nitrogen and oxygen atoms in total. The van der Waals surface area contributed by atoms with Crippen molar-refractivity contribution in [3.05, 3.63) is 51.2 Å². The number of aromatic hydroxyl groups is 1. The Labute approximate surface area is 127 Å². The number of rotatable bonds is 2. The van der Waals surface area contributed by atoms with E-state index in [-0.39, 0.29) is 17.0 Å². The first-order valence-corrected chi connectivity index (χ1v) is 6.86. The van der Waals surface area contributed by atoms with Crippen molar-refractivity contribution in [2.75, 3.05) is 7.11 Å². The Bertz CT molecular complexity index is 871. The molecule has 6 heteroatoms. The second-order valence-electron chi connectivity index (χ2n) is 4.31. The molecular formula is C15H10BrNO4. The van der Waals surface area contributed by atoms with Crippen molar-refractivity contribution >= 4 is 26.9 Å². The van der Waals surface area contributed by atoms with E-state index in [0.717, 1.165) is 4.47 Å². The van der Waals surface area contributed by atoms with Gasteiger partial charge in [0.05, 0.1) is 7.11 Å². The van der Waals surface area contributed by atoms with Crippen molar-refractivity contribution in [2.45, 2.75) is 0 Å². The van der Waals surface area contributed by atoms with E-state index in [9.17, 15) is 9.90 Å². The summed E-state index contributed by atoms with van der Waals surface area (Å²) in [6.45, 7) is 0. The highest BCUT2D eigenvalue weighted by Gasteiger charge is 2.18. The van der Waals surface area contributed by atoms with Crippen LogP contribution in [0.1, 0.15) is 0 Å². The van der Waals surface area contributed by atoms with E-state index in [4.69, 9.17) is 9.15 Å². The fraction of sp³-hybridized carbons (Fsp3) is 0.0667. The standard InChI is InChI=1S/C15H10BrNO4/c1-20-15-11-10(6-7-17-15)21-14(13(19)12(11)18)8-2-4-9(16)5-3-8/h2-7,19H,1H3. The molecular weight excluding hydrogens is 338 g/mol. The van der Waals surface area contributed by atoms with Gasteiger partial charge in [-0.2, -0.15) is 0 Å². The molecule has 0 fully saturated rings. The Morgan fingerprint density at radius 3 is 2.62 bits per heavy atom. The highest BCUT2D eigenvalue weighted by molar-refractivity contribution is 9.10. The third-order valence-corrected chi connectivity index (χ3v) is 3.58. The first-order valence-electron chi connectivity index (χ1n) is 6.06. The first-order chi connectivity index (χ1) is 10.1. The average Bonchev–Trinajstić information content (AvgIpc) is 2.51. The number of fused-ring (bicyclic) bond motifs is 1. The van der Waals surface area contributed by atoms with Crippen molar-refractivity contribution in [1.29, 1.82) is 0 Å². The molecule has 106 valence electrons. The van der Waals surface area contributed by atoms with Crippen molar-refractivity contribution < 1.29 is 14.3 Å².